The molecule has 0 aliphatic heterocycles. The molecule has 0 aliphatic carbocycles. The maximum atomic E-state index is 9.61. The monoisotopic (exact) mass is 300 g/mol. The van der Waals surface area contributed by atoms with Crippen molar-refractivity contribution in [1.82, 2.24) is 0 Å². The van der Waals surface area contributed by atoms with Crippen LogP contribution in [0.4, 0.5) is 0 Å². The summed E-state index contributed by atoms with van der Waals surface area (Å²) in [6.45, 7) is 6.84. The van der Waals surface area contributed by atoms with Crippen LogP contribution in [0.1, 0.15) is 97.8 Å². The van der Waals surface area contributed by atoms with Crippen LogP contribution in [0.15, 0.2) is 0 Å². The van der Waals surface area contributed by atoms with Crippen molar-refractivity contribution in [3.63, 3.8) is 0 Å². The summed E-state index contributed by atoms with van der Waals surface area (Å²) in [5.41, 5.74) is -0.242. The SMILES string of the molecule is CCCCCCCCCCCCC(CO)(CO)CC(C)C. The molecule has 0 aliphatic rings. The summed E-state index contributed by atoms with van der Waals surface area (Å²) in [5, 5.41) is 19.2. The number of aliphatic hydroxyl groups excluding tert-OH is 2. The van der Waals surface area contributed by atoms with Crippen molar-refractivity contribution in [2.24, 2.45) is 11.3 Å². The van der Waals surface area contributed by atoms with Crippen molar-refractivity contribution in [1.29, 1.82) is 0 Å². The number of aliphatic hydroxyl groups is 2. The molecule has 0 spiro atoms. The second-order valence-corrected chi connectivity index (χ2v) is 7.35. The van der Waals surface area contributed by atoms with E-state index in [0.29, 0.717) is 5.92 Å². The molecule has 0 aromatic rings. The van der Waals surface area contributed by atoms with E-state index in [1.165, 1.54) is 57.8 Å². The number of unbranched alkanes of at least 4 members (excludes halogenated alkanes) is 9. The molecule has 2 nitrogen and oxygen atoms in total. The van der Waals surface area contributed by atoms with Crippen molar-refractivity contribution in [2.45, 2.75) is 97.8 Å². The van der Waals surface area contributed by atoms with Crippen LogP contribution < -0.4 is 0 Å². The molecule has 128 valence electrons. The lowest BCUT2D eigenvalue weighted by atomic mass is 9.77. The maximum Gasteiger partial charge on any atom is 0.0509 e. The molecule has 0 saturated carbocycles. The highest BCUT2D eigenvalue weighted by molar-refractivity contribution is 4.79. The molecule has 21 heavy (non-hydrogen) atoms. The topological polar surface area (TPSA) is 40.5 Å². The molecule has 0 unspecified atom stereocenters. The van der Waals surface area contributed by atoms with Crippen LogP contribution in [0, 0.1) is 11.3 Å². The van der Waals surface area contributed by atoms with Gasteiger partial charge in [0.05, 0.1) is 13.2 Å². The van der Waals surface area contributed by atoms with E-state index < -0.39 is 0 Å². The fourth-order valence-corrected chi connectivity index (χ4v) is 3.29. The Labute approximate surface area is 133 Å². The van der Waals surface area contributed by atoms with Gasteiger partial charge in [0.15, 0.2) is 0 Å². The molecule has 0 aromatic carbocycles. The third-order valence-corrected chi connectivity index (χ3v) is 4.57. The number of rotatable bonds is 15. The summed E-state index contributed by atoms with van der Waals surface area (Å²) in [6, 6.07) is 0. The normalized spacial score (nSPS) is 12.3. The van der Waals surface area contributed by atoms with Gasteiger partial charge in [-0.3, -0.25) is 0 Å². The van der Waals surface area contributed by atoms with Crippen LogP contribution in [0.25, 0.3) is 0 Å². The van der Waals surface area contributed by atoms with Gasteiger partial charge < -0.3 is 10.2 Å². The number of hydrogen-bond donors (Lipinski definition) is 2. The van der Waals surface area contributed by atoms with E-state index in [-0.39, 0.29) is 18.6 Å². The molecule has 0 aromatic heterocycles. The van der Waals surface area contributed by atoms with E-state index in [1.807, 2.05) is 0 Å². The van der Waals surface area contributed by atoms with E-state index >= 15 is 0 Å². The zero-order chi connectivity index (χ0) is 16.0. The highest BCUT2D eigenvalue weighted by atomic mass is 16.3. The predicted octanol–water partition coefficient (Wildman–Crippen LogP) is 5.31. The molecular formula is C19H40O2. The Hall–Kier alpha value is -0.0800. The molecule has 0 bridgehead atoms. The van der Waals surface area contributed by atoms with E-state index in [0.717, 1.165) is 19.3 Å². The first-order valence-electron chi connectivity index (χ1n) is 9.32. The summed E-state index contributed by atoms with van der Waals surface area (Å²) >= 11 is 0. The standard InChI is InChI=1S/C19H40O2/c1-4-5-6-7-8-9-10-11-12-13-14-19(16-20,17-21)15-18(2)3/h18,20-21H,4-17H2,1-3H3. The van der Waals surface area contributed by atoms with Crippen LogP contribution in [-0.2, 0) is 0 Å². The Balaban J connectivity index is 3.58. The molecule has 0 saturated heterocycles. The van der Waals surface area contributed by atoms with Crippen LogP contribution in [0.3, 0.4) is 0 Å². The van der Waals surface area contributed by atoms with Crippen molar-refractivity contribution >= 4 is 0 Å². The van der Waals surface area contributed by atoms with Crippen LogP contribution in [0.5, 0.6) is 0 Å². The Morgan fingerprint density at radius 3 is 1.52 bits per heavy atom. The quantitative estimate of drug-likeness (QED) is 0.402. The molecule has 0 fully saturated rings. The average Bonchev–Trinajstić information content (AvgIpc) is 2.47. The Morgan fingerprint density at radius 1 is 0.714 bits per heavy atom. The van der Waals surface area contributed by atoms with Crippen molar-refractivity contribution in [3.05, 3.63) is 0 Å². The molecule has 0 heterocycles. The van der Waals surface area contributed by atoms with Gasteiger partial charge in [-0.1, -0.05) is 85.0 Å². The summed E-state index contributed by atoms with van der Waals surface area (Å²) in [4.78, 5) is 0. The Bertz CT molecular complexity index is 210. The molecular weight excluding hydrogens is 260 g/mol. The molecule has 0 atom stereocenters. The minimum Gasteiger partial charge on any atom is -0.396 e. The van der Waals surface area contributed by atoms with Gasteiger partial charge in [0.25, 0.3) is 0 Å². The van der Waals surface area contributed by atoms with Crippen molar-refractivity contribution in [2.75, 3.05) is 13.2 Å². The lowest BCUT2D eigenvalue weighted by Crippen LogP contribution is -2.31. The summed E-state index contributed by atoms with van der Waals surface area (Å²) in [5.74, 6) is 0.535. The second kappa shape index (κ2) is 13.6. The van der Waals surface area contributed by atoms with Gasteiger partial charge in [0.1, 0.15) is 0 Å². The fourth-order valence-electron chi connectivity index (χ4n) is 3.29. The molecule has 2 heteroatoms. The third kappa shape index (κ3) is 11.2. The first kappa shape index (κ1) is 20.9. The largest absolute Gasteiger partial charge is 0.396 e. The third-order valence-electron chi connectivity index (χ3n) is 4.57. The second-order valence-electron chi connectivity index (χ2n) is 7.35. The van der Waals surface area contributed by atoms with E-state index in [2.05, 4.69) is 20.8 Å². The van der Waals surface area contributed by atoms with Gasteiger partial charge in [-0.25, -0.2) is 0 Å². The van der Waals surface area contributed by atoms with Gasteiger partial charge in [-0.05, 0) is 18.8 Å². The Morgan fingerprint density at radius 2 is 1.14 bits per heavy atom. The van der Waals surface area contributed by atoms with E-state index in [4.69, 9.17) is 0 Å². The van der Waals surface area contributed by atoms with Gasteiger partial charge >= 0.3 is 0 Å². The highest BCUT2D eigenvalue weighted by Crippen LogP contribution is 2.31. The lowest BCUT2D eigenvalue weighted by Gasteiger charge is -2.31. The van der Waals surface area contributed by atoms with Crippen molar-refractivity contribution < 1.29 is 10.2 Å². The maximum absolute atomic E-state index is 9.61. The fraction of sp³-hybridized carbons (Fsp3) is 1.00. The summed E-state index contributed by atoms with van der Waals surface area (Å²) < 4.78 is 0. The highest BCUT2D eigenvalue weighted by Gasteiger charge is 2.28. The lowest BCUT2D eigenvalue weighted by molar-refractivity contribution is 0.0275. The van der Waals surface area contributed by atoms with Crippen LogP contribution in [-0.4, -0.2) is 23.4 Å². The first-order valence-corrected chi connectivity index (χ1v) is 9.32. The van der Waals surface area contributed by atoms with E-state index in [1.54, 1.807) is 0 Å². The van der Waals surface area contributed by atoms with Crippen molar-refractivity contribution in [3.8, 4) is 0 Å². The smallest absolute Gasteiger partial charge is 0.0509 e. The van der Waals surface area contributed by atoms with E-state index in [9.17, 15) is 10.2 Å². The molecule has 0 amide bonds. The van der Waals surface area contributed by atoms with Gasteiger partial charge in [0.2, 0.25) is 0 Å². The first-order chi connectivity index (χ1) is 10.1. The van der Waals surface area contributed by atoms with Crippen LogP contribution in [0.2, 0.25) is 0 Å². The summed E-state index contributed by atoms with van der Waals surface area (Å²) in [6.07, 6.45) is 15.2. The molecule has 2 N–H and O–H groups in total. The van der Waals surface area contributed by atoms with Gasteiger partial charge in [-0.15, -0.1) is 0 Å². The summed E-state index contributed by atoms with van der Waals surface area (Å²) in [7, 11) is 0. The zero-order valence-electron chi connectivity index (χ0n) is 14.9. The van der Waals surface area contributed by atoms with Crippen LogP contribution >= 0.6 is 0 Å². The van der Waals surface area contributed by atoms with Gasteiger partial charge in [0, 0.05) is 5.41 Å². The zero-order valence-corrected chi connectivity index (χ0v) is 14.9. The minimum absolute atomic E-state index is 0.124. The average molecular weight is 301 g/mol. The molecule has 0 radical (unpaired) electrons. The molecule has 0 rings (SSSR count). The number of hydrogen-bond acceptors (Lipinski definition) is 2. The van der Waals surface area contributed by atoms with Gasteiger partial charge in [-0.2, -0.15) is 0 Å². The minimum atomic E-state index is -0.242. The predicted molar refractivity (Wildman–Crippen MR) is 92.5 cm³/mol. The Kier molecular flexibility index (Phi) is 13.5.